The largest absolute Gasteiger partial charge is 0.107 e. The van der Waals surface area contributed by atoms with Crippen molar-refractivity contribution in [1.82, 2.24) is 0 Å². The third-order valence-electron chi connectivity index (χ3n) is 4.41. The zero-order valence-electron chi connectivity index (χ0n) is 23.6. The predicted molar refractivity (Wildman–Crippen MR) is 161 cm³/mol. The summed E-state index contributed by atoms with van der Waals surface area (Å²) in [7, 11) is -2.44. The smallest absolute Gasteiger partial charge is 0.0679 e. The van der Waals surface area contributed by atoms with Gasteiger partial charge >= 0.3 is 0 Å². The maximum Gasteiger partial charge on any atom is 0.0679 e. The Morgan fingerprint density at radius 1 is 0.656 bits per heavy atom. The summed E-state index contributed by atoms with van der Waals surface area (Å²) in [4.78, 5) is 0. The van der Waals surface area contributed by atoms with E-state index in [1.54, 1.807) is 0 Å². The van der Waals surface area contributed by atoms with E-state index < -0.39 is 24.2 Å². The van der Waals surface area contributed by atoms with Crippen molar-refractivity contribution < 1.29 is 0 Å². The second kappa shape index (κ2) is 16.4. The van der Waals surface area contributed by atoms with Gasteiger partial charge in [0.15, 0.2) is 0 Å². The zero-order chi connectivity index (χ0) is 25.4. The lowest BCUT2D eigenvalue weighted by Gasteiger charge is -2.15. The van der Waals surface area contributed by atoms with Crippen molar-refractivity contribution in [2.45, 2.75) is 98.2 Å². The molecule has 0 aliphatic rings. The van der Waals surface area contributed by atoms with Crippen LogP contribution in [0, 0.1) is 13.8 Å². The number of rotatable bonds is 5. The Bertz CT molecular complexity index is 697. The Hall–Kier alpha value is -1.17. The van der Waals surface area contributed by atoms with Crippen molar-refractivity contribution in [3.63, 3.8) is 0 Å². The molecule has 0 atom stereocenters. The van der Waals surface area contributed by atoms with E-state index in [2.05, 4.69) is 128 Å². The minimum absolute atomic E-state index is 0.657. The molecule has 2 aromatic carbocycles. The number of hydrogen-bond acceptors (Lipinski definition) is 0. The van der Waals surface area contributed by atoms with Gasteiger partial charge in [-0.05, 0) is 19.9 Å². The van der Waals surface area contributed by atoms with Crippen molar-refractivity contribution in [2.24, 2.45) is 0 Å². The molecule has 0 aliphatic heterocycles. The minimum atomic E-state index is -0.915. The molecule has 3 heteroatoms. The third kappa shape index (κ3) is 26.9. The first-order chi connectivity index (χ1) is 14.5. The predicted octanol–water partition coefficient (Wildman–Crippen LogP) is 10.2. The van der Waals surface area contributed by atoms with Gasteiger partial charge in [-0.15, -0.1) is 12.3 Å². The summed E-state index contributed by atoms with van der Waals surface area (Å²) in [6.07, 6.45) is 1.37. The summed E-state index contributed by atoms with van der Waals surface area (Å²) in [5.74, 6) is 0. The molecule has 0 bridgehead atoms. The van der Waals surface area contributed by atoms with Gasteiger partial charge in [-0.3, -0.25) is 0 Å². The molecule has 0 spiro atoms. The Labute approximate surface area is 205 Å². The van der Waals surface area contributed by atoms with Gasteiger partial charge in [0.1, 0.15) is 0 Å². The quantitative estimate of drug-likeness (QED) is 0.369. The number of aryl methyl sites for hydroxylation is 2. The van der Waals surface area contributed by atoms with E-state index in [0.717, 1.165) is 0 Å². The van der Waals surface area contributed by atoms with E-state index in [1.807, 2.05) is 18.2 Å². The van der Waals surface area contributed by atoms with Gasteiger partial charge in [-0.1, -0.05) is 150 Å². The van der Waals surface area contributed by atoms with Crippen molar-refractivity contribution in [3.05, 3.63) is 83.6 Å². The Kier molecular flexibility index (Phi) is 17.0. The van der Waals surface area contributed by atoms with Gasteiger partial charge in [-0.2, -0.15) is 0 Å². The number of hydrogen-bond donors (Lipinski definition) is 0. The highest BCUT2D eigenvalue weighted by Crippen LogP contribution is 2.12. The van der Waals surface area contributed by atoms with Crippen molar-refractivity contribution in [3.8, 4) is 0 Å². The van der Waals surface area contributed by atoms with Gasteiger partial charge in [0.25, 0.3) is 0 Å². The normalized spacial score (nSPS) is 11.0. The average molecular weight is 487 g/mol. The molecule has 0 heterocycles. The van der Waals surface area contributed by atoms with E-state index in [-0.39, 0.29) is 0 Å². The van der Waals surface area contributed by atoms with Crippen molar-refractivity contribution in [1.29, 1.82) is 0 Å². The van der Waals surface area contributed by atoms with Gasteiger partial charge in [0.05, 0.1) is 8.07 Å². The van der Waals surface area contributed by atoms with Crippen LogP contribution in [0.1, 0.15) is 30.0 Å². The summed E-state index contributed by atoms with van der Waals surface area (Å²) in [5, 5.41) is 0. The highest BCUT2D eigenvalue weighted by atomic mass is 28.3. The van der Waals surface area contributed by atoms with Crippen LogP contribution in [0.25, 0.3) is 0 Å². The molecule has 0 fully saturated rings. The van der Waals surface area contributed by atoms with E-state index in [9.17, 15) is 0 Å². The van der Waals surface area contributed by atoms with Crippen LogP contribution in [0.2, 0.25) is 65.0 Å². The van der Waals surface area contributed by atoms with Crippen LogP contribution in [-0.4, -0.2) is 24.2 Å². The van der Waals surface area contributed by atoms with Crippen LogP contribution in [0.3, 0.4) is 0 Å². The van der Waals surface area contributed by atoms with E-state index in [1.165, 1.54) is 35.2 Å². The number of benzene rings is 2. The fourth-order valence-electron chi connectivity index (χ4n) is 2.60. The summed E-state index contributed by atoms with van der Waals surface area (Å²) < 4.78 is 0. The Morgan fingerprint density at radius 3 is 1.28 bits per heavy atom. The molecule has 0 saturated heterocycles. The fourth-order valence-corrected chi connectivity index (χ4v) is 5.56. The van der Waals surface area contributed by atoms with Gasteiger partial charge in [0, 0.05) is 16.1 Å². The SMILES string of the molecule is C=C[Si](C)(C)C.CCC[Si](C)(C)C.Cc1ccc(C[Si](C)(C)C)cc1.Cc1ccccc1. The van der Waals surface area contributed by atoms with Crippen LogP contribution in [-0.2, 0) is 6.04 Å². The van der Waals surface area contributed by atoms with Gasteiger partial charge in [-0.25, -0.2) is 0 Å². The van der Waals surface area contributed by atoms with E-state index in [4.69, 9.17) is 0 Å². The lowest BCUT2D eigenvalue weighted by molar-refractivity contribution is 1.05. The molecular formula is C29H54Si3. The van der Waals surface area contributed by atoms with Gasteiger partial charge < -0.3 is 0 Å². The van der Waals surface area contributed by atoms with Crippen LogP contribution < -0.4 is 0 Å². The minimum Gasteiger partial charge on any atom is -0.107 e. The van der Waals surface area contributed by atoms with Gasteiger partial charge in [0.2, 0.25) is 0 Å². The summed E-state index contributed by atoms with van der Waals surface area (Å²) >= 11 is 0. The molecule has 0 aromatic heterocycles. The van der Waals surface area contributed by atoms with Crippen LogP contribution >= 0.6 is 0 Å². The first kappa shape index (κ1) is 33.0. The lowest BCUT2D eigenvalue weighted by atomic mass is 10.2. The summed E-state index contributed by atoms with van der Waals surface area (Å²) in [6, 6.07) is 22.0. The fraction of sp³-hybridized carbons (Fsp3) is 0.517. The van der Waals surface area contributed by atoms with Crippen LogP contribution in [0.4, 0.5) is 0 Å². The standard InChI is InChI=1S/C11H18Si.C7H8.C6H16Si.C5H12Si/c1-10-5-7-11(8-6-10)9-12(2,3)4;1-7-5-3-2-4-6-7;1-5-6-7(2,3)4;1-5-6(2,3)4/h5-8H,9H2,1-4H3;2-6H,1H3;5-6H2,1-4H3;5H,1H2,2-4H3. The van der Waals surface area contributed by atoms with Crippen LogP contribution in [0.5, 0.6) is 0 Å². The average Bonchev–Trinajstić information content (AvgIpc) is 2.63. The topological polar surface area (TPSA) is 0 Å². The van der Waals surface area contributed by atoms with E-state index in [0.29, 0.717) is 0 Å². The Morgan fingerprint density at radius 2 is 1.06 bits per heavy atom. The monoisotopic (exact) mass is 486 g/mol. The maximum atomic E-state index is 3.69. The maximum absolute atomic E-state index is 3.69. The first-order valence-corrected chi connectivity index (χ1v) is 23.2. The molecule has 0 aliphatic carbocycles. The first-order valence-electron chi connectivity index (χ1n) is 12.2. The molecule has 32 heavy (non-hydrogen) atoms. The molecule has 0 saturated carbocycles. The second-order valence-electron chi connectivity index (χ2n) is 12.3. The van der Waals surface area contributed by atoms with Crippen molar-refractivity contribution >= 4 is 24.2 Å². The Balaban J connectivity index is 0. The highest BCUT2D eigenvalue weighted by molar-refractivity contribution is 6.80. The van der Waals surface area contributed by atoms with E-state index >= 15 is 0 Å². The molecule has 2 rings (SSSR count). The van der Waals surface area contributed by atoms with Crippen molar-refractivity contribution in [2.75, 3.05) is 0 Å². The summed E-state index contributed by atoms with van der Waals surface area (Å²) in [5.41, 5.74) is 6.25. The molecule has 2 aromatic rings. The molecule has 0 amide bonds. The summed E-state index contributed by atoms with van der Waals surface area (Å²) in [6.45, 7) is 31.4. The molecule has 0 radical (unpaired) electrons. The lowest BCUT2D eigenvalue weighted by Crippen LogP contribution is -2.23. The molecule has 0 unspecified atom stereocenters. The molecule has 0 N–H and O–H groups in total. The third-order valence-corrected chi connectivity index (χ3v) is 9.10. The second-order valence-corrected chi connectivity index (χ2v) is 28.5. The molecule has 0 nitrogen and oxygen atoms in total. The highest BCUT2D eigenvalue weighted by Gasteiger charge is 2.13. The van der Waals surface area contributed by atoms with Crippen LogP contribution in [0.15, 0.2) is 66.9 Å². The molecule has 182 valence electrons. The zero-order valence-corrected chi connectivity index (χ0v) is 26.6. The molecular weight excluding hydrogens is 433 g/mol.